The first-order valence-corrected chi connectivity index (χ1v) is 6.78. The molecule has 19 heavy (non-hydrogen) atoms. The minimum Gasteiger partial charge on any atom is -0.497 e. The topological polar surface area (TPSA) is 57.1 Å². The summed E-state index contributed by atoms with van der Waals surface area (Å²) in [5.74, 6) is 1.12. The Morgan fingerprint density at radius 3 is 3.11 bits per heavy atom. The van der Waals surface area contributed by atoms with Gasteiger partial charge in [-0.05, 0) is 31.5 Å². The minimum absolute atomic E-state index is 0.317. The second-order valence-corrected chi connectivity index (χ2v) is 5.00. The predicted molar refractivity (Wildman–Crippen MR) is 76.2 cm³/mol. The average Bonchev–Trinajstić information content (AvgIpc) is 2.47. The van der Waals surface area contributed by atoms with Crippen molar-refractivity contribution in [2.75, 3.05) is 25.5 Å². The van der Waals surface area contributed by atoms with Crippen LogP contribution >= 0.6 is 0 Å². The Labute approximate surface area is 114 Å². The summed E-state index contributed by atoms with van der Waals surface area (Å²) < 4.78 is 5.23. The molecule has 0 spiro atoms. The van der Waals surface area contributed by atoms with Crippen molar-refractivity contribution in [2.45, 2.75) is 25.3 Å². The van der Waals surface area contributed by atoms with Gasteiger partial charge in [0.25, 0.3) is 0 Å². The highest BCUT2D eigenvalue weighted by Gasteiger charge is 2.40. The maximum atomic E-state index is 9.66. The zero-order chi connectivity index (χ0) is 13.7. The van der Waals surface area contributed by atoms with Gasteiger partial charge in [-0.1, -0.05) is 13.0 Å². The smallest absolute Gasteiger partial charge is 0.130 e. The van der Waals surface area contributed by atoms with Gasteiger partial charge in [-0.25, -0.2) is 0 Å². The molecule has 2 atom stereocenters. The van der Waals surface area contributed by atoms with Crippen LogP contribution in [0, 0.1) is 17.2 Å². The molecule has 2 unspecified atom stereocenters. The Hall–Kier alpha value is -1.73. The van der Waals surface area contributed by atoms with E-state index >= 15 is 0 Å². The van der Waals surface area contributed by atoms with Crippen LogP contribution in [0.25, 0.3) is 0 Å². The van der Waals surface area contributed by atoms with E-state index in [2.05, 4.69) is 23.6 Å². The van der Waals surface area contributed by atoms with Gasteiger partial charge >= 0.3 is 0 Å². The first-order valence-electron chi connectivity index (χ1n) is 6.78. The zero-order valence-electron chi connectivity index (χ0n) is 11.6. The van der Waals surface area contributed by atoms with E-state index in [1.807, 2.05) is 24.3 Å². The third-order valence-electron chi connectivity index (χ3n) is 3.91. The molecule has 2 N–H and O–H groups in total. The van der Waals surface area contributed by atoms with Gasteiger partial charge in [0.05, 0.1) is 13.2 Å². The van der Waals surface area contributed by atoms with Crippen LogP contribution in [0.15, 0.2) is 24.3 Å². The normalized spacial score (nSPS) is 26.5. The van der Waals surface area contributed by atoms with Crippen molar-refractivity contribution >= 4 is 5.69 Å². The van der Waals surface area contributed by atoms with Gasteiger partial charge in [-0.2, -0.15) is 5.26 Å². The van der Waals surface area contributed by atoms with Crippen molar-refractivity contribution < 1.29 is 4.74 Å². The van der Waals surface area contributed by atoms with Gasteiger partial charge in [0.15, 0.2) is 0 Å². The monoisotopic (exact) mass is 259 g/mol. The van der Waals surface area contributed by atoms with E-state index in [-0.39, 0.29) is 0 Å². The second kappa shape index (κ2) is 5.94. The summed E-state index contributed by atoms with van der Waals surface area (Å²) in [6, 6.07) is 10.3. The number of methoxy groups -OCH3 is 1. The molecule has 0 amide bonds. The molecule has 0 bridgehead atoms. The molecule has 0 aliphatic carbocycles. The second-order valence-electron chi connectivity index (χ2n) is 5.00. The number of rotatable bonds is 4. The van der Waals surface area contributed by atoms with E-state index in [1.165, 1.54) is 0 Å². The van der Waals surface area contributed by atoms with Crippen molar-refractivity contribution in [3.05, 3.63) is 24.3 Å². The lowest BCUT2D eigenvalue weighted by Crippen LogP contribution is -2.54. The molecule has 2 rings (SSSR count). The number of hydrogen-bond donors (Lipinski definition) is 2. The van der Waals surface area contributed by atoms with Crippen molar-refractivity contribution in [3.8, 4) is 11.8 Å². The van der Waals surface area contributed by atoms with E-state index in [1.54, 1.807) is 7.11 Å². The van der Waals surface area contributed by atoms with Crippen LogP contribution in [0.2, 0.25) is 0 Å². The van der Waals surface area contributed by atoms with Gasteiger partial charge in [0.2, 0.25) is 0 Å². The van der Waals surface area contributed by atoms with Crippen molar-refractivity contribution in [3.63, 3.8) is 0 Å². The highest BCUT2D eigenvalue weighted by molar-refractivity contribution is 5.52. The summed E-state index contributed by atoms with van der Waals surface area (Å²) in [6.45, 7) is 3.90. The summed E-state index contributed by atoms with van der Waals surface area (Å²) in [5.41, 5.74) is 0.466. The van der Waals surface area contributed by atoms with Crippen LogP contribution in [0.1, 0.15) is 19.8 Å². The van der Waals surface area contributed by atoms with Gasteiger partial charge in [0, 0.05) is 24.2 Å². The van der Waals surface area contributed by atoms with E-state index in [4.69, 9.17) is 4.74 Å². The predicted octanol–water partition coefficient (Wildman–Crippen LogP) is 2.39. The molecule has 4 heteroatoms. The molecule has 0 radical (unpaired) electrons. The number of piperidine rings is 1. The van der Waals surface area contributed by atoms with E-state index in [0.29, 0.717) is 5.92 Å². The third kappa shape index (κ3) is 2.82. The van der Waals surface area contributed by atoms with Gasteiger partial charge in [0.1, 0.15) is 11.3 Å². The van der Waals surface area contributed by atoms with Gasteiger partial charge in [-0.3, -0.25) is 0 Å². The molecule has 1 aliphatic heterocycles. The van der Waals surface area contributed by atoms with Crippen LogP contribution in [0.4, 0.5) is 5.69 Å². The number of ether oxygens (including phenoxy) is 1. The Bertz CT molecular complexity index is 469. The SMILES string of the molecule is CCC1CNCCC1(C#N)Nc1cccc(OC)c1. The molecule has 0 aromatic heterocycles. The van der Waals surface area contributed by atoms with E-state index in [9.17, 15) is 5.26 Å². The molecule has 4 nitrogen and oxygen atoms in total. The van der Waals surface area contributed by atoms with Crippen LogP contribution in [-0.2, 0) is 0 Å². The molecule has 1 aliphatic rings. The number of benzene rings is 1. The lowest BCUT2D eigenvalue weighted by Gasteiger charge is -2.40. The van der Waals surface area contributed by atoms with E-state index < -0.39 is 5.54 Å². The molecule has 1 fully saturated rings. The largest absolute Gasteiger partial charge is 0.497 e. The lowest BCUT2D eigenvalue weighted by molar-refractivity contribution is 0.276. The minimum atomic E-state index is -0.480. The van der Waals surface area contributed by atoms with Crippen LogP contribution in [0.3, 0.4) is 0 Å². The molecule has 102 valence electrons. The fourth-order valence-electron chi connectivity index (χ4n) is 2.73. The Morgan fingerprint density at radius 1 is 1.58 bits per heavy atom. The summed E-state index contributed by atoms with van der Waals surface area (Å²) in [5, 5.41) is 16.5. The number of nitriles is 1. The standard InChI is InChI=1S/C15H21N3O/c1-3-12-10-17-8-7-15(12,11-16)18-13-5-4-6-14(9-13)19-2/h4-6,9,12,17-18H,3,7-8,10H2,1-2H3. The third-order valence-corrected chi connectivity index (χ3v) is 3.91. The van der Waals surface area contributed by atoms with E-state index in [0.717, 1.165) is 37.4 Å². The molecule has 1 heterocycles. The van der Waals surface area contributed by atoms with Crippen LogP contribution in [0.5, 0.6) is 5.75 Å². The van der Waals surface area contributed by atoms with Crippen molar-refractivity contribution in [2.24, 2.45) is 5.92 Å². The quantitative estimate of drug-likeness (QED) is 0.871. The summed E-state index contributed by atoms with van der Waals surface area (Å²) in [4.78, 5) is 0. The van der Waals surface area contributed by atoms with Crippen LogP contribution in [-0.4, -0.2) is 25.7 Å². The number of nitrogens with zero attached hydrogens (tertiary/aromatic N) is 1. The Kier molecular flexibility index (Phi) is 4.28. The first-order chi connectivity index (χ1) is 9.24. The number of anilines is 1. The zero-order valence-corrected chi connectivity index (χ0v) is 11.6. The molecular formula is C15H21N3O. The summed E-state index contributed by atoms with van der Waals surface area (Å²) >= 11 is 0. The van der Waals surface area contributed by atoms with Crippen molar-refractivity contribution in [1.82, 2.24) is 5.32 Å². The molecular weight excluding hydrogens is 238 g/mol. The maximum absolute atomic E-state index is 9.66. The summed E-state index contributed by atoms with van der Waals surface area (Å²) in [7, 11) is 1.65. The van der Waals surface area contributed by atoms with Gasteiger partial charge in [-0.15, -0.1) is 0 Å². The molecule has 0 saturated carbocycles. The number of hydrogen-bond acceptors (Lipinski definition) is 4. The van der Waals surface area contributed by atoms with Crippen molar-refractivity contribution in [1.29, 1.82) is 5.26 Å². The fourth-order valence-corrected chi connectivity index (χ4v) is 2.73. The van der Waals surface area contributed by atoms with Crippen LogP contribution < -0.4 is 15.4 Å². The Balaban J connectivity index is 2.24. The van der Waals surface area contributed by atoms with Gasteiger partial charge < -0.3 is 15.4 Å². The highest BCUT2D eigenvalue weighted by atomic mass is 16.5. The highest BCUT2D eigenvalue weighted by Crippen LogP contribution is 2.31. The summed E-state index contributed by atoms with van der Waals surface area (Å²) in [6.07, 6.45) is 1.80. The Morgan fingerprint density at radius 2 is 2.42 bits per heavy atom. The first kappa shape index (κ1) is 13.7. The molecule has 1 aromatic carbocycles. The molecule has 1 saturated heterocycles. The number of nitrogens with one attached hydrogen (secondary N) is 2. The maximum Gasteiger partial charge on any atom is 0.130 e. The average molecular weight is 259 g/mol. The molecule has 1 aromatic rings. The fraction of sp³-hybridized carbons (Fsp3) is 0.533. The lowest BCUT2D eigenvalue weighted by atomic mass is 9.78.